The number of Topliss-reactive ketones (excluding diaryl/α,β-unsaturated/α-hetero) is 1. The summed E-state index contributed by atoms with van der Waals surface area (Å²) in [6, 6.07) is 16.3. The van der Waals surface area contributed by atoms with Crippen molar-refractivity contribution in [2.24, 2.45) is 0 Å². The first-order chi connectivity index (χ1) is 21.3. The minimum atomic E-state index is -0.995. The molecule has 0 bridgehead atoms. The fourth-order valence-electron chi connectivity index (χ4n) is 4.82. The number of rotatable bonds is 9. The number of benzene rings is 3. The van der Waals surface area contributed by atoms with E-state index in [0.717, 1.165) is 23.3 Å². The Balaban J connectivity index is 1.39. The van der Waals surface area contributed by atoms with Crippen molar-refractivity contribution in [3.8, 4) is 17.2 Å². The van der Waals surface area contributed by atoms with Crippen LogP contribution in [0.25, 0.3) is 5.76 Å². The lowest BCUT2D eigenvalue weighted by Crippen LogP contribution is -2.29. The molecule has 2 aliphatic heterocycles. The van der Waals surface area contributed by atoms with Crippen LogP contribution in [0.1, 0.15) is 36.1 Å². The van der Waals surface area contributed by atoms with Crippen LogP contribution in [0.2, 0.25) is 10.0 Å². The van der Waals surface area contributed by atoms with E-state index in [-0.39, 0.29) is 16.5 Å². The summed E-state index contributed by atoms with van der Waals surface area (Å²) in [5.74, 6) is 0.0131. The van der Waals surface area contributed by atoms with Crippen LogP contribution in [0.4, 0.5) is 5.13 Å². The highest BCUT2D eigenvalue weighted by Gasteiger charge is 2.48. The van der Waals surface area contributed by atoms with Gasteiger partial charge in [0.25, 0.3) is 5.78 Å². The van der Waals surface area contributed by atoms with Crippen LogP contribution in [0.5, 0.6) is 17.2 Å². The zero-order chi connectivity index (χ0) is 30.8. The molecular weight excluding hydrogens is 645 g/mol. The molecule has 1 N–H and O–H groups in total. The third-order valence-corrected chi connectivity index (χ3v) is 9.57. The average Bonchev–Trinajstić information content (AvgIpc) is 3.60. The summed E-state index contributed by atoms with van der Waals surface area (Å²) in [7, 11) is 0. The molecule has 44 heavy (non-hydrogen) atoms. The molecule has 3 heterocycles. The Kier molecular flexibility index (Phi) is 8.99. The number of carbonyl (C=O) groups is 2. The highest BCUT2D eigenvalue weighted by Crippen LogP contribution is 2.45. The maximum absolute atomic E-state index is 13.6. The number of nitrogens with zero attached hydrogens (tertiary/aromatic N) is 3. The molecule has 1 saturated heterocycles. The number of aliphatic hydroxyl groups is 1. The van der Waals surface area contributed by atoms with Gasteiger partial charge in [-0.1, -0.05) is 71.4 Å². The van der Waals surface area contributed by atoms with E-state index >= 15 is 0 Å². The summed E-state index contributed by atoms with van der Waals surface area (Å²) in [5.41, 5.74) is 1.65. The Hall–Kier alpha value is -3.77. The van der Waals surface area contributed by atoms with Crippen molar-refractivity contribution in [1.29, 1.82) is 0 Å². The van der Waals surface area contributed by atoms with Crippen molar-refractivity contribution in [2.45, 2.75) is 29.5 Å². The summed E-state index contributed by atoms with van der Waals surface area (Å²) in [6.07, 6.45) is 0.805. The van der Waals surface area contributed by atoms with E-state index in [1.54, 1.807) is 54.6 Å². The van der Waals surface area contributed by atoms with Gasteiger partial charge in [-0.3, -0.25) is 14.5 Å². The summed E-state index contributed by atoms with van der Waals surface area (Å²) in [6.45, 7) is 3.26. The number of ether oxygens (including phenoxy) is 3. The van der Waals surface area contributed by atoms with Gasteiger partial charge < -0.3 is 19.3 Å². The maximum Gasteiger partial charge on any atom is 0.301 e. The quantitative estimate of drug-likeness (QED) is 0.0644. The predicted molar refractivity (Wildman–Crippen MR) is 170 cm³/mol. The number of aliphatic hydroxyl groups excluding tert-OH is 1. The number of amides is 1. The lowest BCUT2D eigenvalue weighted by molar-refractivity contribution is -0.132. The second-order valence-corrected chi connectivity index (χ2v) is 12.8. The van der Waals surface area contributed by atoms with Gasteiger partial charge in [-0.2, -0.15) is 0 Å². The van der Waals surface area contributed by atoms with E-state index in [9.17, 15) is 14.7 Å². The molecule has 3 aromatic carbocycles. The van der Waals surface area contributed by atoms with E-state index in [2.05, 4.69) is 10.2 Å². The lowest BCUT2D eigenvalue weighted by Gasteiger charge is -2.23. The largest absolute Gasteiger partial charge is 0.507 e. The first-order valence-electron chi connectivity index (χ1n) is 13.7. The molecule has 0 spiro atoms. The standard InChI is InChI=1S/C31H25Cl2N3O6S2/c1-2-10-40-21-5-3-4-17(13-21)26-25(27(37)18-7-9-23-24(14-18)42-12-11-41-23)28(38)29(39)36(26)30-34-35-31(44-30)43-16-19-6-8-20(32)15-22(19)33/h3-9,13-15,26,37H,2,10-12,16H2,1H3/t26-/m0/s1. The smallest absolute Gasteiger partial charge is 0.301 e. The molecule has 0 radical (unpaired) electrons. The topological polar surface area (TPSA) is 111 Å². The minimum Gasteiger partial charge on any atom is -0.507 e. The molecule has 0 unspecified atom stereocenters. The molecule has 13 heteroatoms. The number of thioether (sulfide) groups is 1. The Bertz CT molecular complexity index is 1780. The van der Waals surface area contributed by atoms with Crippen LogP contribution >= 0.6 is 46.3 Å². The zero-order valence-corrected chi connectivity index (χ0v) is 26.4. The van der Waals surface area contributed by atoms with Gasteiger partial charge in [0.15, 0.2) is 15.8 Å². The molecular formula is C31H25Cl2N3O6S2. The van der Waals surface area contributed by atoms with Crippen LogP contribution in [0.3, 0.4) is 0 Å². The number of fused-ring (bicyclic) bond motifs is 1. The molecule has 4 aromatic rings. The third kappa shape index (κ3) is 6.10. The first kappa shape index (κ1) is 30.3. The third-order valence-electron chi connectivity index (χ3n) is 6.87. The molecule has 1 fully saturated rings. The predicted octanol–water partition coefficient (Wildman–Crippen LogP) is 7.32. The molecule has 2 aliphatic rings. The van der Waals surface area contributed by atoms with Crippen LogP contribution in [-0.2, 0) is 15.3 Å². The fraction of sp³-hybridized carbons (Fsp3) is 0.226. The van der Waals surface area contributed by atoms with Gasteiger partial charge in [0.1, 0.15) is 24.7 Å². The number of hydrogen-bond acceptors (Lipinski definition) is 10. The Labute approximate surface area is 271 Å². The van der Waals surface area contributed by atoms with E-state index < -0.39 is 17.7 Å². The molecule has 226 valence electrons. The van der Waals surface area contributed by atoms with Gasteiger partial charge in [-0.25, -0.2) is 0 Å². The SMILES string of the molecule is CCCOc1cccc([C@H]2C(=C(O)c3ccc4c(c3)OCCO4)C(=O)C(=O)N2c2nnc(SCc3ccc(Cl)cc3Cl)s2)c1. The number of ketones is 1. The van der Waals surface area contributed by atoms with E-state index in [0.29, 0.717) is 68.3 Å². The van der Waals surface area contributed by atoms with Crippen molar-refractivity contribution in [1.82, 2.24) is 10.2 Å². The summed E-state index contributed by atoms with van der Waals surface area (Å²) >= 11 is 14.9. The highest BCUT2D eigenvalue weighted by atomic mass is 35.5. The van der Waals surface area contributed by atoms with Crippen molar-refractivity contribution in [3.63, 3.8) is 0 Å². The zero-order valence-electron chi connectivity index (χ0n) is 23.3. The van der Waals surface area contributed by atoms with Gasteiger partial charge in [-0.15, -0.1) is 10.2 Å². The van der Waals surface area contributed by atoms with Crippen LogP contribution in [0, 0.1) is 0 Å². The van der Waals surface area contributed by atoms with Crippen molar-refractivity contribution < 1.29 is 28.9 Å². The van der Waals surface area contributed by atoms with Crippen LogP contribution < -0.4 is 19.1 Å². The minimum absolute atomic E-state index is 0.0864. The molecule has 6 rings (SSSR count). The normalized spacial score (nSPS) is 17.2. The van der Waals surface area contributed by atoms with Gasteiger partial charge >= 0.3 is 5.91 Å². The van der Waals surface area contributed by atoms with Gasteiger partial charge in [0, 0.05) is 21.4 Å². The highest BCUT2D eigenvalue weighted by molar-refractivity contribution is 8.00. The molecule has 0 aliphatic carbocycles. The summed E-state index contributed by atoms with van der Waals surface area (Å²) in [4.78, 5) is 28.6. The Morgan fingerprint density at radius 2 is 1.89 bits per heavy atom. The molecule has 1 atom stereocenters. The summed E-state index contributed by atoms with van der Waals surface area (Å²) < 4.78 is 17.7. The van der Waals surface area contributed by atoms with Crippen LogP contribution in [0.15, 0.2) is 70.6 Å². The van der Waals surface area contributed by atoms with Crippen molar-refractivity contribution >= 4 is 68.9 Å². The monoisotopic (exact) mass is 669 g/mol. The summed E-state index contributed by atoms with van der Waals surface area (Å²) in [5, 5.41) is 21.4. The second-order valence-electron chi connectivity index (χ2n) is 9.82. The Morgan fingerprint density at radius 1 is 1.07 bits per heavy atom. The van der Waals surface area contributed by atoms with Crippen molar-refractivity contribution in [2.75, 3.05) is 24.7 Å². The Morgan fingerprint density at radius 3 is 2.68 bits per heavy atom. The van der Waals surface area contributed by atoms with Crippen LogP contribution in [-0.4, -0.2) is 46.8 Å². The number of aromatic nitrogens is 2. The van der Waals surface area contributed by atoms with E-state index in [1.807, 2.05) is 13.0 Å². The van der Waals surface area contributed by atoms with Gasteiger partial charge in [0.05, 0.1) is 18.2 Å². The number of halogens is 2. The number of anilines is 1. The van der Waals surface area contributed by atoms with Gasteiger partial charge in [-0.05, 0) is 60.0 Å². The molecule has 9 nitrogen and oxygen atoms in total. The average molecular weight is 671 g/mol. The van der Waals surface area contributed by atoms with E-state index in [4.69, 9.17) is 37.4 Å². The van der Waals surface area contributed by atoms with E-state index in [1.165, 1.54) is 16.7 Å². The maximum atomic E-state index is 13.6. The van der Waals surface area contributed by atoms with Gasteiger partial charge in [0.2, 0.25) is 5.13 Å². The number of hydrogen-bond donors (Lipinski definition) is 1. The molecule has 1 aromatic heterocycles. The molecule has 1 amide bonds. The fourth-order valence-corrected chi connectivity index (χ4v) is 7.25. The second kappa shape index (κ2) is 13.1. The lowest BCUT2D eigenvalue weighted by atomic mass is 9.95. The number of carbonyl (C=O) groups excluding carboxylic acids is 2. The first-order valence-corrected chi connectivity index (χ1v) is 16.2. The molecule has 0 saturated carbocycles. The van der Waals surface area contributed by atoms with Crippen molar-refractivity contribution in [3.05, 3.63) is 93.0 Å².